The van der Waals surface area contributed by atoms with E-state index >= 15 is 0 Å². The number of nitrogens with two attached hydrogens (primary N) is 1. The summed E-state index contributed by atoms with van der Waals surface area (Å²) in [4.78, 5) is 12.0. The van der Waals surface area contributed by atoms with Gasteiger partial charge in [-0.1, -0.05) is 15.9 Å². The van der Waals surface area contributed by atoms with E-state index in [9.17, 15) is 4.79 Å². The Bertz CT molecular complexity index is 729. The maximum absolute atomic E-state index is 12.0. The minimum Gasteiger partial charge on any atom is -0.376 e. The summed E-state index contributed by atoms with van der Waals surface area (Å²) in [5.41, 5.74) is 9.17. The highest BCUT2D eigenvalue weighted by molar-refractivity contribution is 9.10. The van der Waals surface area contributed by atoms with Gasteiger partial charge in [-0.3, -0.25) is 9.13 Å². The largest absolute Gasteiger partial charge is 0.376 e. The predicted molar refractivity (Wildman–Crippen MR) is 86.4 cm³/mol. The number of hydrogen-bond donors (Lipinski definition) is 1. The first-order valence-electron chi connectivity index (χ1n) is 7.22. The van der Waals surface area contributed by atoms with E-state index in [0.29, 0.717) is 0 Å². The van der Waals surface area contributed by atoms with Crippen LogP contribution in [0.1, 0.15) is 30.9 Å². The molecule has 5 nitrogen and oxygen atoms in total. The van der Waals surface area contributed by atoms with Crippen molar-refractivity contribution in [2.24, 2.45) is 19.8 Å². The van der Waals surface area contributed by atoms with Crippen molar-refractivity contribution in [3.05, 3.63) is 32.7 Å². The Morgan fingerprint density at radius 2 is 1.95 bits per heavy atom. The summed E-state index contributed by atoms with van der Waals surface area (Å²) in [6.07, 6.45) is 3.30. The van der Waals surface area contributed by atoms with Gasteiger partial charge in [-0.2, -0.15) is 0 Å². The van der Waals surface area contributed by atoms with Gasteiger partial charge in [0.1, 0.15) is 0 Å². The van der Waals surface area contributed by atoms with Gasteiger partial charge in [0.05, 0.1) is 23.2 Å². The number of ether oxygens (including phenoxy) is 1. The molecule has 2 aromatic rings. The third kappa shape index (κ3) is 2.45. The molecule has 1 fully saturated rings. The zero-order valence-electron chi connectivity index (χ0n) is 12.3. The number of benzene rings is 1. The second kappa shape index (κ2) is 5.59. The van der Waals surface area contributed by atoms with Crippen molar-refractivity contribution in [2.75, 3.05) is 6.61 Å². The fourth-order valence-corrected chi connectivity index (χ4v) is 3.64. The van der Waals surface area contributed by atoms with E-state index in [1.165, 1.54) is 0 Å². The van der Waals surface area contributed by atoms with Crippen LogP contribution >= 0.6 is 15.9 Å². The maximum atomic E-state index is 12.0. The average molecular weight is 354 g/mol. The van der Waals surface area contributed by atoms with Crippen molar-refractivity contribution in [1.82, 2.24) is 9.13 Å². The number of nitrogens with zero attached hydrogens (tertiary/aromatic N) is 2. The van der Waals surface area contributed by atoms with Crippen molar-refractivity contribution in [3.63, 3.8) is 0 Å². The van der Waals surface area contributed by atoms with E-state index < -0.39 is 0 Å². The van der Waals surface area contributed by atoms with Gasteiger partial charge in [0.25, 0.3) is 0 Å². The molecule has 0 saturated carbocycles. The lowest BCUT2D eigenvalue weighted by molar-refractivity contribution is -0.0000942. The van der Waals surface area contributed by atoms with Crippen molar-refractivity contribution in [1.29, 1.82) is 0 Å². The van der Waals surface area contributed by atoms with Gasteiger partial charge in [0.15, 0.2) is 0 Å². The fourth-order valence-electron chi connectivity index (χ4n) is 3.04. The molecule has 6 heteroatoms. The molecule has 3 rings (SSSR count). The molecule has 0 radical (unpaired) electrons. The molecule has 1 aromatic heterocycles. The summed E-state index contributed by atoms with van der Waals surface area (Å²) in [7, 11) is 3.56. The van der Waals surface area contributed by atoms with Gasteiger partial charge >= 0.3 is 5.69 Å². The van der Waals surface area contributed by atoms with E-state index in [0.717, 1.165) is 46.9 Å². The fraction of sp³-hybridized carbons (Fsp3) is 0.533. The lowest BCUT2D eigenvalue weighted by Crippen LogP contribution is -2.32. The Kier molecular flexibility index (Phi) is 3.94. The van der Waals surface area contributed by atoms with Crippen LogP contribution in [0.5, 0.6) is 0 Å². The van der Waals surface area contributed by atoms with Crippen LogP contribution < -0.4 is 11.4 Å². The molecule has 0 bridgehead atoms. The van der Waals surface area contributed by atoms with Crippen LogP contribution in [-0.2, 0) is 18.8 Å². The molecule has 1 aromatic carbocycles. The Hall–Kier alpha value is -1.11. The standard InChI is InChI=1S/C15H20BrN3O2/c1-18-11-7-9(14(17)13-5-3-4-6-21-13)10(16)8-12(11)19(2)15(18)20/h7-8,13-14H,3-6,17H2,1-2H3. The lowest BCUT2D eigenvalue weighted by Gasteiger charge is -2.28. The lowest BCUT2D eigenvalue weighted by atomic mass is 9.96. The molecule has 1 aliphatic rings. The summed E-state index contributed by atoms with van der Waals surface area (Å²) >= 11 is 3.59. The molecule has 1 saturated heterocycles. The average Bonchev–Trinajstić information content (AvgIpc) is 2.71. The molecule has 114 valence electrons. The third-order valence-corrected chi connectivity index (χ3v) is 5.05. The van der Waals surface area contributed by atoms with Crippen molar-refractivity contribution in [3.8, 4) is 0 Å². The zero-order valence-corrected chi connectivity index (χ0v) is 13.9. The van der Waals surface area contributed by atoms with Gasteiger partial charge in [-0.05, 0) is 37.0 Å². The topological polar surface area (TPSA) is 62.2 Å². The number of rotatable bonds is 2. The van der Waals surface area contributed by atoms with Gasteiger partial charge < -0.3 is 10.5 Å². The molecule has 2 N–H and O–H groups in total. The highest BCUT2D eigenvalue weighted by Crippen LogP contribution is 2.32. The molecule has 0 aliphatic carbocycles. The van der Waals surface area contributed by atoms with Gasteiger partial charge in [0, 0.05) is 25.2 Å². The summed E-state index contributed by atoms with van der Waals surface area (Å²) in [5, 5.41) is 0. The molecule has 21 heavy (non-hydrogen) atoms. The summed E-state index contributed by atoms with van der Waals surface area (Å²) in [5.74, 6) is 0. The number of halogens is 1. The Balaban J connectivity index is 2.08. The van der Waals surface area contributed by atoms with E-state index in [-0.39, 0.29) is 17.8 Å². The molecule has 2 heterocycles. The maximum Gasteiger partial charge on any atom is 0.328 e. The van der Waals surface area contributed by atoms with Crippen LogP contribution in [0.2, 0.25) is 0 Å². The number of imidazole rings is 1. The number of aryl methyl sites for hydroxylation is 2. The predicted octanol–water partition coefficient (Wildman–Crippen LogP) is 2.21. The van der Waals surface area contributed by atoms with Crippen LogP contribution in [-0.4, -0.2) is 21.8 Å². The molecule has 1 aliphatic heterocycles. The van der Waals surface area contributed by atoms with Gasteiger partial charge in [0.2, 0.25) is 0 Å². The quantitative estimate of drug-likeness (QED) is 0.900. The van der Waals surface area contributed by atoms with Crippen molar-refractivity contribution in [2.45, 2.75) is 31.4 Å². The SMILES string of the molecule is Cn1c(=O)n(C)c2cc(C(N)C3CCCCO3)c(Br)cc21. The van der Waals surface area contributed by atoms with Crippen LogP contribution in [0, 0.1) is 0 Å². The Morgan fingerprint density at radius 3 is 2.57 bits per heavy atom. The Labute approximate surface area is 131 Å². The first-order chi connectivity index (χ1) is 10.0. The molecule has 0 spiro atoms. The Morgan fingerprint density at radius 1 is 1.29 bits per heavy atom. The second-order valence-electron chi connectivity index (χ2n) is 5.69. The summed E-state index contributed by atoms with van der Waals surface area (Å²) < 4.78 is 10.0. The minimum absolute atomic E-state index is 0.0310. The summed E-state index contributed by atoms with van der Waals surface area (Å²) in [6.45, 7) is 0.780. The van der Waals surface area contributed by atoms with E-state index in [4.69, 9.17) is 10.5 Å². The van der Waals surface area contributed by atoms with Crippen LogP contribution in [0.15, 0.2) is 21.4 Å². The van der Waals surface area contributed by atoms with Crippen molar-refractivity contribution < 1.29 is 4.74 Å². The molecule has 0 amide bonds. The first-order valence-corrected chi connectivity index (χ1v) is 8.02. The van der Waals surface area contributed by atoms with Crippen molar-refractivity contribution >= 4 is 27.0 Å². The number of aromatic nitrogens is 2. The third-order valence-electron chi connectivity index (χ3n) is 4.37. The van der Waals surface area contributed by atoms with Crippen LogP contribution in [0.4, 0.5) is 0 Å². The molecular weight excluding hydrogens is 334 g/mol. The summed E-state index contributed by atoms with van der Waals surface area (Å²) in [6, 6.07) is 3.79. The van der Waals surface area contributed by atoms with Crippen LogP contribution in [0.3, 0.4) is 0 Å². The second-order valence-corrected chi connectivity index (χ2v) is 6.55. The molecular formula is C15H20BrN3O2. The highest BCUT2D eigenvalue weighted by atomic mass is 79.9. The first kappa shape index (κ1) is 14.8. The normalized spacial score (nSPS) is 20.9. The van der Waals surface area contributed by atoms with E-state index in [2.05, 4.69) is 15.9 Å². The van der Waals surface area contributed by atoms with Crippen LogP contribution in [0.25, 0.3) is 11.0 Å². The highest BCUT2D eigenvalue weighted by Gasteiger charge is 2.25. The zero-order chi connectivity index (χ0) is 15.1. The molecule has 2 unspecified atom stereocenters. The minimum atomic E-state index is -0.181. The number of fused-ring (bicyclic) bond motifs is 1. The van der Waals surface area contributed by atoms with E-state index in [1.54, 1.807) is 23.2 Å². The number of hydrogen-bond acceptors (Lipinski definition) is 3. The van der Waals surface area contributed by atoms with E-state index in [1.807, 2.05) is 12.1 Å². The van der Waals surface area contributed by atoms with Gasteiger partial charge in [-0.15, -0.1) is 0 Å². The molecule has 2 atom stereocenters. The smallest absolute Gasteiger partial charge is 0.328 e. The monoisotopic (exact) mass is 353 g/mol. The van der Waals surface area contributed by atoms with Gasteiger partial charge in [-0.25, -0.2) is 4.79 Å².